The van der Waals surface area contributed by atoms with Crippen molar-refractivity contribution in [1.29, 1.82) is 0 Å². The number of carbonyl (C=O) groups excluding carboxylic acids is 1. The number of anilines is 1. The van der Waals surface area contributed by atoms with Crippen LogP contribution < -0.4 is 19.6 Å². The quantitative estimate of drug-likeness (QED) is 0.313. The SMILES string of the molecule is O=C(Nc1ccn[n+]([O-])c1)c1cc(Cl)c(Cl)cc1Oc1ccc(OC(F)(F)F)c(F)c1. The highest BCUT2D eigenvalue weighted by atomic mass is 35.5. The molecule has 0 radical (unpaired) electrons. The summed E-state index contributed by atoms with van der Waals surface area (Å²) < 4.78 is 59.8. The number of aromatic nitrogens is 2. The molecule has 3 aromatic rings. The molecular formula is C18H9Cl2F4N3O4. The highest BCUT2D eigenvalue weighted by molar-refractivity contribution is 6.42. The molecule has 162 valence electrons. The smallest absolute Gasteiger partial charge is 0.573 e. The summed E-state index contributed by atoms with van der Waals surface area (Å²) in [6.45, 7) is 0. The molecule has 7 nitrogen and oxygen atoms in total. The highest BCUT2D eigenvalue weighted by Crippen LogP contribution is 2.35. The van der Waals surface area contributed by atoms with E-state index in [0.717, 1.165) is 24.5 Å². The molecule has 2 aromatic carbocycles. The van der Waals surface area contributed by atoms with Gasteiger partial charge in [-0.15, -0.1) is 13.2 Å². The first-order valence-electron chi connectivity index (χ1n) is 8.11. The number of rotatable bonds is 5. The summed E-state index contributed by atoms with van der Waals surface area (Å²) in [4.78, 5) is 12.9. The van der Waals surface area contributed by atoms with E-state index in [0.29, 0.717) is 12.1 Å². The Morgan fingerprint density at radius 3 is 2.45 bits per heavy atom. The molecule has 1 amide bonds. The van der Waals surface area contributed by atoms with E-state index in [4.69, 9.17) is 27.9 Å². The number of ether oxygens (including phenoxy) is 2. The van der Waals surface area contributed by atoms with E-state index in [9.17, 15) is 27.6 Å². The lowest BCUT2D eigenvalue weighted by atomic mass is 10.1. The molecule has 31 heavy (non-hydrogen) atoms. The van der Waals surface area contributed by atoms with Gasteiger partial charge in [-0.05, 0) is 24.3 Å². The molecule has 0 unspecified atom stereocenters. The molecule has 0 atom stereocenters. The van der Waals surface area contributed by atoms with Crippen molar-refractivity contribution in [3.63, 3.8) is 0 Å². The number of benzene rings is 2. The Balaban J connectivity index is 1.90. The molecule has 0 aliphatic carbocycles. The predicted molar refractivity (Wildman–Crippen MR) is 101 cm³/mol. The van der Waals surface area contributed by atoms with Gasteiger partial charge in [0, 0.05) is 17.2 Å². The van der Waals surface area contributed by atoms with Gasteiger partial charge in [0.15, 0.2) is 11.6 Å². The minimum Gasteiger partial charge on any atom is -0.594 e. The zero-order valence-electron chi connectivity index (χ0n) is 14.9. The summed E-state index contributed by atoms with van der Waals surface area (Å²) >= 11 is 11.9. The zero-order chi connectivity index (χ0) is 22.8. The Morgan fingerprint density at radius 2 is 1.81 bits per heavy atom. The van der Waals surface area contributed by atoms with Crippen LogP contribution in [0.1, 0.15) is 10.4 Å². The van der Waals surface area contributed by atoms with Gasteiger partial charge < -0.3 is 20.0 Å². The van der Waals surface area contributed by atoms with Gasteiger partial charge in [0.05, 0.1) is 21.8 Å². The van der Waals surface area contributed by atoms with Crippen LogP contribution in [0.15, 0.2) is 48.8 Å². The van der Waals surface area contributed by atoms with Gasteiger partial charge in [-0.3, -0.25) is 4.79 Å². The fourth-order valence-corrected chi connectivity index (χ4v) is 2.63. The molecule has 0 saturated carbocycles. The van der Waals surface area contributed by atoms with E-state index in [2.05, 4.69) is 15.2 Å². The number of hydrogen-bond donors (Lipinski definition) is 1. The van der Waals surface area contributed by atoms with Crippen molar-refractivity contribution in [2.24, 2.45) is 0 Å². The fraction of sp³-hybridized carbons (Fsp3) is 0.0556. The van der Waals surface area contributed by atoms with Gasteiger partial charge in [0.25, 0.3) is 5.91 Å². The minimum absolute atomic E-state index is 0.00658. The molecule has 1 heterocycles. The Labute approximate surface area is 181 Å². The lowest BCUT2D eigenvalue weighted by molar-refractivity contribution is -0.668. The third-order valence-corrected chi connectivity index (χ3v) is 4.29. The molecule has 0 aliphatic heterocycles. The van der Waals surface area contributed by atoms with Gasteiger partial charge in [-0.25, -0.2) is 4.39 Å². The summed E-state index contributed by atoms with van der Waals surface area (Å²) in [5.41, 5.74) is -0.0496. The lowest BCUT2D eigenvalue weighted by Crippen LogP contribution is -2.30. The number of carbonyl (C=O) groups is 1. The summed E-state index contributed by atoms with van der Waals surface area (Å²) in [7, 11) is 0. The average molecular weight is 478 g/mol. The third-order valence-electron chi connectivity index (χ3n) is 3.57. The number of hydrogen-bond acceptors (Lipinski definition) is 5. The van der Waals surface area contributed by atoms with Crippen LogP contribution in [0.4, 0.5) is 23.2 Å². The number of nitrogens with zero attached hydrogens (tertiary/aromatic N) is 2. The van der Waals surface area contributed by atoms with E-state index in [1.165, 1.54) is 12.1 Å². The summed E-state index contributed by atoms with van der Waals surface area (Å²) in [6, 6.07) is 6.01. The molecule has 0 fully saturated rings. The molecule has 0 aliphatic rings. The number of alkyl halides is 3. The van der Waals surface area contributed by atoms with E-state index < -0.39 is 23.8 Å². The summed E-state index contributed by atoms with van der Waals surface area (Å²) in [6.07, 6.45) is -2.93. The molecule has 0 saturated heterocycles. The van der Waals surface area contributed by atoms with Gasteiger partial charge >= 0.3 is 6.36 Å². The first-order valence-corrected chi connectivity index (χ1v) is 8.86. The highest BCUT2D eigenvalue weighted by Gasteiger charge is 2.32. The van der Waals surface area contributed by atoms with Crippen molar-refractivity contribution in [3.8, 4) is 17.2 Å². The molecular weight excluding hydrogens is 469 g/mol. The molecule has 1 N–H and O–H groups in total. The molecule has 0 bridgehead atoms. The molecule has 13 heteroatoms. The zero-order valence-corrected chi connectivity index (χ0v) is 16.4. The normalized spacial score (nSPS) is 11.2. The standard InChI is InChI=1S/C18H9Cl2F4N3O4/c19-12-6-11(17(28)26-9-3-4-25-27(29)8-9)16(7-13(12)20)30-10-1-2-15(14(21)5-10)31-18(22,23)24/h1-8H,(H,26,28). The third kappa shape index (κ3) is 5.86. The van der Waals surface area contributed by atoms with Gasteiger partial charge in [-0.2, -0.15) is 0 Å². The van der Waals surface area contributed by atoms with Crippen molar-refractivity contribution >= 4 is 34.8 Å². The van der Waals surface area contributed by atoms with E-state index in [1.807, 2.05) is 0 Å². The largest absolute Gasteiger partial charge is 0.594 e. The second-order valence-corrected chi connectivity index (χ2v) is 6.59. The number of nitrogens with one attached hydrogen (secondary N) is 1. The number of amides is 1. The van der Waals surface area contributed by atoms with Crippen molar-refractivity contribution in [2.45, 2.75) is 6.36 Å². The molecule has 1 aromatic heterocycles. The fourth-order valence-electron chi connectivity index (χ4n) is 2.32. The molecule has 0 spiro atoms. The van der Waals surface area contributed by atoms with E-state index >= 15 is 0 Å². The first kappa shape index (κ1) is 22.4. The Bertz CT molecular complexity index is 1150. The van der Waals surface area contributed by atoms with Crippen molar-refractivity contribution in [2.75, 3.05) is 5.32 Å². The first-order chi connectivity index (χ1) is 14.5. The monoisotopic (exact) mass is 477 g/mol. The van der Waals surface area contributed by atoms with Crippen LogP contribution in [0.25, 0.3) is 0 Å². The van der Waals surface area contributed by atoms with Crippen LogP contribution in [-0.4, -0.2) is 17.4 Å². The van der Waals surface area contributed by atoms with Crippen LogP contribution in [0.3, 0.4) is 0 Å². The lowest BCUT2D eigenvalue weighted by Gasteiger charge is -2.14. The van der Waals surface area contributed by atoms with Crippen LogP contribution >= 0.6 is 23.2 Å². The topological polar surface area (TPSA) is 87.4 Å². The van der Waals surface area contributed by atoms with E-state index in [1.54, 1.807) is 0 Å². The van der Waals surface area contributed by atoms with Crippen LogP contribution in [-0.2, 0) is 0 Å². The summed E-state index contributed by atoms with van der Waals surface area (Å²) in [5, 5.41) is 17.0. The van der Waals surface area contributed by atoms with Crippen molar-refractivity contribution in [1.82, 2.24) is 5.10 Å². The van der Waals surface area contributed by atoms with Crippen LogP contribution in [0, 0.1) is 11.0 Å². The van der Waals surface area contributed by atoms with Crippen molar-refractivity contribution in [3.05, 3.63) is 75.4 Å². The maximum Gasteiger partial charge on any atom is 0.573 e. The Hall–Kier alpha value is -3.31. The van der Waals surface area contributed by atoms with E-state index in [-0.39, 0.29) is 37.6 Å². The average Bonchev–Trinajstić information content (AvgIpc) is 2.65. The molecule has 3 rings (SSSR count). The second-order valence-electron chi connectivity index (χ2n) is 5.78. The number of halogens is 6. The van der Waals surface area contributed by atoms with Crippen LogP contribution in [0.2, 0.25) is 10.0 Å². The Kier molecular flexibility index (Phi) is 6.37. The maximum absolute atomic E-state index is 13.9. The predicted octanol–water partition coefficient (Wildman–Crippen LogP) is 5.10. The van der Waals surface area contributed by atoms with Gasteiger partial charge in [0.2, 0.25) is 6.20 Å². The minimum atomic E-state index is -5.08. The van der Waals surface area contributed by atoms with Crippen molar-refractivity contribution < 1.29 is 36.7 Å². The summed E-state index contributed by atoms with van der Waals surface area (Å²) in [5.74, 6) is -3.61. The van der Waals surface area contributed by atoms with Crippen LogP contribution in [0.5, 0.6) is 17.2 Å². The Morgan fingerprint density at radius 1 is 1.10 bits per heavy atom. The second kappa shape index (κ2) is 8.82. The van der Waals surface area contributed by atoms with Gasteiger partial charge in [-0.1, -0.05) is 28.0 Å². The maximum atomic E-state index is 13.9. The van der Waals surface area contributed by atoms with Gasteiger partial charge in [0.1, 0.15) is 17.2 Å².